The second-order valence-corrected chi connectivity index (χ2v) is 4.33. The van der Waals surface area contributed by atoms with E-state index in [-0.39, 0.29) is 24.8 Å². The number of nitrogens with one attached hydrogen (secondary N) is 1. The molecule has 0 radical (unpaired) electrons. The van der Waals surface area contributed by atoms with Gasteiger partial charge in [-0.2, -0.15) is 0 Å². The van der Waals surface area contributed by atoms with Gasteiger partial charge in [-0.05, 0) is 12.1 Å². The van der Waals surface area contributed by atoms with Gasteiger partial charge in [0.25, 0.3) is 0 Å². The molecule has 5 heteroatoms. The van der Waals surface area contributed by atoms with Crippen molar-refractivity contribution in [2.75, 3.05) is 18.9 Å². The molecule has 0 spiro atoms. The largest absolute Gasteiger partial charge is 0.395 e. The molecule has 0 aliphatic heterocycles. The lowest BCUT2D eigenvalue weighted by molar-refractivity contribution is -0.118. The Morgan fingerprint density at radius 3 is 2.60 bits per heavy atom. The molecule has 0 aliphatic carbocycles. The van der Waals surface area contributed by atoms with Crippen molar-refractivity contribution in [3.05, 3.63) is 30.3 Å². The molecule has 4 nitrogen and oxygen atoms in total. The van der Waals surface area contributed by atoms with Gasteiger partial charge in [-0.1, -0.05) is 18.2 Å². The van der Waals surface area contributed by atoms with Gasteiger partial charge in [-0.15, -0.1) is 0 Å². The van der Waals surface area contributed by atoms with Crippen molar-refractivity contribution in [3.8, 4) is 0 Å². The van der Waals surface area contributed by atoms with Crippen LogP contribution in [0.2, 0.25) is 0 Å². The summed E-state index contributed by atoms with van der Waals surface area (Å²) in [5.41, 5.74) is 0. The molecule has 0 saturated carbocycles. The molecule has 1 unspecified atom stereocenters. The fraction of sp³-hybridized carbons (Fsp3) is 0.300. The standard InChI is InChI=1S/C10H13NO3S/c12-7-6-11-10(13)8-15(14)9-4-2-1-3-5-9/h1-5,12H,6-8H2,(H,11,13). The van der Waals surface area contributed by atoms with E-state index in [0.717, 1.165) is 0 Å². The first kappa shape index (κ1) is 11.9. The van der Waals surface area contributed by atoms with Crippen LogP contribution in [-0.4, -0.2) is 34.1 Å². The number of hydrogen-bond acceptors (Lipinski definition) is 3. The third-order valence-electron chi connectivity index (χ3n) is 1.70. The van der Waals surface area contributed by atoms with E-state index >= 15 is 0 Å². The normalized spacial score (nSPS) is 12.1. The van der Waals surface area contributed by atoms with Gasteiger partial charge in [0, 0.05) is 11.4 Å². The highest BCUT2D eigenvalue weighted by Gasteiger charge is 2.08. The Labute approximate surface area is 90.8 Å². The van der Waals surface area contributed by atoms with Crippen molar-refractivity contribution >= 4 is 16.7 Å². The Morgan fingerprint density at radius 1 is 1.33 bits per heavy atom. The highest BCUT2D eigenvalue weighted by atomic mass is 32.2. The van der Waals surface area contributed by atoms with Crippen LogP contribution in [0.3, 0.4) is 0 Å². The van der Waals surface area contributed by atoms with Crippen LogP contribution in [0.25, 0.3) is 0 Å². The summed E-state index contributed by atoms with van der Waals surface area (Å²) in [6.07, 6.45) is 0. The van der Waals surface area contributed by atoms with E-state index < -0.39 is 10.8 Å². The zero-order valence-corrected chi connectivity index (χ0v) is 9.00. The number of hydrogen-bond donors (Lipinski definition) is 2. The molecular weight excluding hydrogens is 214 g/mol. The van der Waals surface area contributed by atoms with E-state index in [1.165, 1.54) is 0 Å². The van der Waals surface area contributed by atoms with Crippen LogP contribution in [-0.2, 0) is 15.6 Å². The average Bonchev–Trinajstić information content (AvgIpc) is 2.27. The van der Waals surface area contributed by atoms with E-state index in [4.69, 9.17) is 5.11 Å². The molecule has 1 aromatic rings. The summed E-state index contributed by atoms with van der Waals surface area (Å²) in [6.45, 7) is 0.0918. The first-order valence-electron chi connectivity index (χ1n) is 4.55. The van der Waals surface area contributed by atoms with Crippen molar-refractivity contribution in [2.24, 2.45) is 0 Å². The first-order valence-corrected chi connectivity index (χ1v) is 5.87. The second-order valence-electron chi connectivity index (χ2n) is 2.88. The van der Waals surface area contributed by atoms with Crippen molar-refractivity contribution in [1.29, 1.82) is 0 Å². The molecule has 1 amide bonds. The van der Waals surface area contributed by atoms with Crippen LogP contribution < -0.4 is 5.32 Å². The number of amides is 1. The Balaban J connectivity index is 2.46. The average molecular weight is 227 g/mol. The summed E-state index contributed by atoms with van der Waals surface area (Å²) in [4.78, 5) is 11.8. The lowest BCUT2D eigenvalue weighted by Gasteiger charge is -2.03. The predicted molar refractivity (Wildman–Crippen MR) is 57.8 cm³/mol. The number of aliphatic hydroxyl groups excluding tert-OH is 1. The topological polar surface area (TPSA) is 66.4 Å². The molecule has 15 heavy (non-hydrogen) atoms. The van der Waals surface area contributed by atoms with Crippen molar-refractivity contribution < 1.29 is 14.1 Å². The van der Waals surface area contributed by atoms with E-state index in [2.05, 4.69) is 5.32 Å². The van der Waals surface area contributed by atoms with Crippen LogP contribution in [0.1, 0.15) is 0 Å². The molecule has 0 aromatic heterocycles. The lowest BCUT2D eigenvalue weighted by atomic mass is 10.4. The van der Waals surface area contributed by atoms with Crippen LogP contribution >= 0.6 is 0 Å². The summed E-state index contributed by atoms with van der Waals surface area (Å²) in [7, 11) is -1.31. The van der Waals surface area contributed by atoms with Gasteiger partial charge in [-0.3, -0.25) is 9.00 Å². The Hall–Kier alpha value is -1.20. The third-order valence-corrected chi connectivity index (χ3v) is 3.02. The summed E-state index contributed by atoms with van der Waals surface area (Å²) < 4.78 is 11.6. The minimum absolute atomic E-state index is 0.0655. The third kappa shape index (κ3) is 4.22. The fourth-order valence-corrected chi connectivity index (χ4v) is 1.99. The number of carbonyl (C=O) groups excluding carboxylic acids is 1. The van der Waals surface area contributed by atoms with Crippen molar-refractivity contribution in [1.82, 2.24) is 5.32 Å². The van der Waals surface area contributed by atoms with Crippen LogP contribution in [0.15, 0.2) is 35.2 Å². The van der Waals surface area contributed by atoms with Gasteiger partial charge < -0.3 is 10.4 Å². The fourth-order valence-electron chi connectivity index (χ4n) is 1.02. The zero-order valence-electron chi connectivity index (χ0n) is 8.18. The molecule has 0 aliphatic rings. The molecule has 82 valence electrons. The van der Waals surface area contributed by atoms with Crippen LogP contribution in [0.4, 0.5) is 0 Å². The predicted octanol–water partition coefficient (Wildman–Crippen LogP) is -0.0973. The molecular formula is C10H13NO3S. The summed E-state index contributed by atoms with van der Waals surface area (Å²) in [6, 6.07) is 8.81. The van der Waals surface area contributed by atoms with Gasteiger partial charge in [0.1, 0.15) is 5.75 Å². The summed E-state index contributed by atoms with van der Waals surface area (Å²) >= 11 is 0. The van der Waals surface area contributed by atoms with Gasteiger partial charge in [0.2, 0.25) is 5.91 Å². The van der Waals surface area contributed by atoms with Crippen molar-refractivity contribution in [3.63, 3.8) is 0 Å². The Morgan fingerprint density at radius 2 is 2.00 bits per heavy atom. The maximum Gasteiger partial charge on any atom is 0.233 e. The van der Waals surface area contributed by atoms with Gasteiger partial charge in [0.15, 0.2) is 0 Å². The van der Waals surface area contributed by atoms with E-state index in [0.29, 0.717) is 4.90 Å². The Kier molecular flexibility index (Phi) is 5.00. The monoisotopic (exact) mass is 227 g/mol. The number of rotatable bonds is 5. The minimum atomic E-state index is -1.31. The SMILES string of the molecule is O=C(CS(=O)c1ccccc1)NCCO. The molecule has 1 rings (SSSR count). The van der Waals surface area contributed by atoms with Crippen LogP contribution in [0, 0.1) is 0 Å². The summed E-state index contributed by atoms with van der Waals surface area (Å²) in [5, 5.41) is 10.9. The highest BCUT2D eigenvalue weighted by molar-refractivity contribution is 7.85. The maximum absolute atomic E-state index is 11.6. The highest BCUT2D eigenvalue weighted by Crippen LogP contribution is 2.04. The van der Waals surface area contributed by atoms with Gasteiger partial charge in [0.05, 0.1) is 17.4 Å². The molecule has 0 saturated heterocycles. The first-order chi connectivity index (χ1) is 7.24. The molecule has 1 atom stereocenters. The van der Waals surface area contributed by atoms with Crippen LogP contribution in [0.5, 0.6) is 0 Å². The molecule has 0 fully saturated rings. The number of carbonyl (C=O) groups is 1. The Bertz CT molecular complexity index is 340. The second kappa shape index (κ2) is 6.31. The zero-order chi connectivity index (χ0) is 11.1. The van der Waals surface area contributed by atoms with Gasteiger partial charge >= 0.3 is 0 Å². The quantitative estimate of drug-likeness (QED) is 0.738. The lowest BCUT2D eigenvalue weighted by Crippen LogP contribution is -2.30. The minimum Gasteiger partial charge on any atom is -0.395 e. The van der Waals surface area contributed by atoms with Crippen molar-refractivity contribution in [2.45, 2.75) is 4.90 Å². The molecule has 0 bridgehead atoms. The van der Waals surface area contributed by atoms with E-state index in [1.54, 1.807) is 24.3 Å². The molecule has 0 heterocycles. The van der Waals surface area contributed by atoms with E-state index in [1.807, 2.05) is 6.07 Å². The maximum atomic E-state index is 11.6. The molecule has 2 N–H and O–H groups in total. The van der Waals surface area contributed by atoms with Gasteiger partial charge in [-0.25, -0.2) is 0 Å². The van der Waals surface area contributed by atoms with E-state index in [9.17, 15) is 9.00 Å². The number of benzene rings is 1. The summed E-state index contributed by atoms with van der Waals surface area (Å²) in [5.74, 6) is -0.379. The number of aliphatic hydroxyl groups is 1. The smallest absolute Gasteiger partial charge is 0.233 e. The molecule has 1 aromatic carbocycles.